The van der Waals surface area contributed by atoms with Crippen LogP contribution in [0, 0.1) is 0 Å². The predicted octanol–water partition coefficient (Wildman–Crippen LogP) is 5.31. The van der Waals surface area contributed by atoms with Gasteiger partial charge in [0.25, 0.3) is 0 Å². The Morgan fingerprint density at radius 1 is 1.10 bits per heavy atom. The highest BCUT2D eigenvalue weighted by Gasteiger charge is 2.10. The van der Waals surface area contributed by atoms with Crippen molar-refractivity contribution in [2.75, 3.05) is 12.3 Å². The maximum atomic E-state index is 6.21. The minimum Gasteiger partial charge on any atom is -0.313 e. The lowest BCUT2D eigenvalue weighted by Gasteiger charge is -2.18. The standard InChI is InChI=1S/C17H19Cl2NS/c1-2-20-15(11-13-6-5-7-14(18)10-13)12-21-17-9-4-3-8-16(17)19/h3-10,15,20H,2,11-12H2,1H3. The van der Waals surface area contributed by atoms with Crippen molar-refractivity contribution < 1.29 is 0 Å². The van der Waals surface area contributed by atoms with E-state index in [9.17, 15) is 0 Å². The van der Waals surface area contributed by atoms with E-state index in [1.165, 1.54) is 5.56 Å². The highest BCUT2D eigenvalue weighted by Crippen LogP contribution is 2.27. The second-order valence-corrected chi connectivity index (χ2v) is 6.74. The van der Waals surface area contributed by atoms with Gasteiger partial charge in [-0.3, -0.25) is 0 Å². The molecule has 0 saturated heterocycles. The zero-order chi connectivity index (χ0) is 15.1. The van der Waals surface area contributed by atoms with Crippen LogP contribution in [0.25, 0.3) is 0 Å². The first-order chi connectivity index (χ1) is 10.2. The Labute approximate surface area is 141 Å². The summed E-state index contributed by atoms with van der Waals surface area (Å²) in [7, 11) is 0. The van der Waals surface area contributed by atoms with E-state index >= 15 is 0 Å². The normalized spacial score (nSPS) is 12.3. The summed E-state index contributed by atoms with van der Waals surface area (Å²) in [6.07, 6.45) is 0.964. The zero-order valence-electron chi connectivity index (χ0n) is 12.0. The van der Waals surface area contributed by atoms with Gasteiger partial charge in [-0.2, -0.15) is 0 Å². The average molecular weight is 340 g/mol. The number of nitrogens with one attached hydrogen (secondary N) is 1. The van der Waals surface area contributed by atoms with Crippen molar-refractivity contribution in [1.82, 2.24) is 5.32 Å². The Morgan fingerprint density at radius 2 is 1.90 bits per heavy atom. The smallest absolute Gasteiger partial charge is 0.0541 e. The highest BCUT2D eigenvalue weighted by atomic mass is 35.5. The molecule has 0 aliphatic rings. The van der Waals surface area contributed by atoms with E-state index in [2.05, 4.69) is 24.4 Å². The van der Waals surface area contributed by atoms with Crippen molar-refractivity contribution >= 4 is 35.0 Å². The van der Waals surface area contributed by atoms with Crippen LogP contribution >= 0.6 is 35.0 Å². The second kappa shape index (κ2) is 8.70. The van der Waals surface area contributed by atoms with E-state index in [4.69, 9.17) is 23.2 Å². The third-order valence-corrected chi connectivity index (χ3v) is 5.05. The van der Waals surface area contributed by atoms with Crippen molar-refractivity contribution in [2.45, 2.75) is 24.3 Å². The fourth-order valence-corrected chi connectivity index (χ4v) is 3.69. The van der Waals surface area contributed by atoms with E-state index in [1.54, 1.807) is 11.8 Å². The maximum Gasteiger partial charge on any atom is 0.0541 e. The average Bonchev–Trinajstić information content (AvgIpc) is 2.46. The summed E-state index contributed by atoms with van der Waals surface area (Å²) in [5.41, 5.74) is 1.26. The Kier molecular flexibility index (Phi) is 6.91. The lowest BCUT2D eigenvalue weighted by molar-refractivity contribution is 0.572. The number of rotatable bonds is 7. The number of hydrogen-bond acceptors (Lipinski definition) is 2. The second-order valence-electron chi connectivity index (χ2n) is 4.83. The summed E-state index contributed by atoms with van der Waals surface area (Å²) in [4.78, 5) is 1.13. The lowest BCUT2D eigenvalue weighted by Crippen LogP contribution is -2.33. The third-order valence-electron chi connectivity index (χ3n) is 3.14. The van der Waals surface area contributed by atoms with Crippen LogP contribution < -0.4 is 5.32 Å². The van der Waals surface area contributed by atoms with Crippen molar-refractivity contribution in [3.05, 3.63) is 64.1 Å². The molecule has 0 radical (unpaired) electrons. The molecule has 0 aliphatic carbocycles. The molecule has 2 aromatic rings. The van der Waals surface area contributed by atoms with Crippen LogP contribution in [0.1, 0.15) is 12.5 Å². The summed E-state index contributed by atoms with van der Waals surface area (Å²) in [6.45, 7) is 3.08. The number of hydrogen-bond donors (Lipinski definition) is 1. The molecule has 4 heteroatoms. The van der Waals surface area contributed by atoms with Gasteiger partial charge in [0.05, 0.1) is 5.02 Å². The van der Waals surface area contributed by atoms with Crippen LogP contribution in [0.5, 0.6) is 0 Å². The monoisotopic (exact) mass is 339 g/mol. The number of thioether (sulfide) groups is 1. The van der Waals surface area contributed by atoms with E-state index < -0.39 is 0 Å². The molecule has 1 unspecified atom stereocenters. The van der Waals surface area contributed by atoms with Gasteiger partial charge in [0.2, 0.25) is 0 Å². The first-order valence-corrected chi connectivity index (χ1v) is 8.78. The Balaban J connectivity index is 1.97. The van der Waals surface area contributed by atoms with Crippen molar-refractivity contribution in [3.63, 3.8) is 0 Å². The molecule has 0 aromatic heterocycles. The molecule has 1 atom stereocenters. The Bertz CT molecular complexity index is 574. The van der Waals surface area contributed by atoms with Crippen molar-refractivity contribution in [2.24, 2.45) is 0 Å². The molecule has 0 heterocycles. The molecule has 0 bridgehead atoms. The quantitative estimate of drug-likeness (QED) is 0.686. The van der Waals surface area contributed by atoms with Gasteiger partial charge in [0.15, 0.2) is 0 Å². The van der Waals surface area contributed by atoms with Crippen LogP contribution in [-0.2, 0) is 6.42 Å². The van der Waals surface area contributed by atoms with Crippen LogP contribution in [0.4, 0.5) is 0 Å². The van der Waals surface area contributed by atoms with Gasteiger partial charge in [0.1, 0.15) is 0 Å². The predicted molar refractivity (Wildman–Crippen MR) is 94.8 cm³/mol. The molecule has 0 spiro atoms. The van der Waals surface area contributed by atoms with Gasteiger partial charge in [-0.25, -0.2) is 0 Å². The summed E-state index contributed by atoms with van der Waals surface area (Å²) >= 11 is 14.1. The van der Waals surface area contributed by atoms with E-state index in [0.717, 1.165) is 33.7 Å². The largest absolute Gasteiger partial charge is 0.313 e. The Hall–Kier alpha value is -0.670. The first-order valence-electron chi connectivity index (χ1n) is 7.04. The summed E-state index contributed by atoms with van der Waals surface area (Å²) in [6, 6.07) is 16.4. The Morgan fingerprint density at radius 3 is 2.62 bits per heavy atom. The topological polar surface area (TPSA) is 12.0 Å². The fourth-order valence-electron chi connectivity index (χ4n) is 2.18. The van der Waals surface area contributed by atoms with Crippen LogP contribution in [-0.4, -0.2) is 18.3 Å². The molecule has 21 heavy (non-hydrogen) atoms. The third kappa shape index (κ3) is 5.55. The van der Waals surface area contributed by atoms with Gasteiger partial charge in [-0.1, -0.05) is 54.4 Å². The van der Waals surface area contributed by atoms with E-state index in [1.807, 2.05) is 36.4 Å². The van der Waals surface area contributed by atoms with Crippen LogP contribution in [0.3, 0.4) is 0 Å². The van der Waals surface area contributed by atoms with Gasteiger partial charge in [-0.05, 0) is 42.8 Å². The highest BCUT2D eigenvalue weighted by molar-refractivity contribution is 7.99. The zero-order valence-corrected chi connectivity index (χ0v) is 14.3. The van der Waals surface area contributed by atoms with E-state index in [0.29, 0.717) is 6.04 Å². The molecule has 112 valence electrons. The van der Waals surface area contributed by atoms with Crippen molar-refractivity contribution in [1.29, 1.82) is 0 Å². The van der Waals surface area contributed by atoms with Crippen LogP contribution in [0.2, 0.25) is 10.0 Å². The van der Waals surface area contributed by atoms with E-state index in [-0.39, 0.29) is 0 Å². The van der Waals surface area contributed by atoms with Gasteiger partial charge in [-0.15, -0.1) is 11.8 Å². The summed E-state index contributed by atoms with van der Waals surface area (Å²) in [5.74, 6) is 0.976. The number of benzene rings is 2. The van der Waals surface area contributed by atoms with Gasteiger partial charge < -0.3 is 5.32 Å². The molecule has 2 rings (SSSR count). The van der Waals surface area contributed by atoms with Gasteiger partial charge in [0, 0.05) is 21.7 Å². The molecular weight excluding hydrogens is 321 g/mol. The maximum absolute atomic E-state index is 6.21. The molecule has 1 N–H and O–H groups in total. The fraction of sp³-hybridized carbons (Fsp3) is 0.294. The summed E-state index contributed by atoms with van der Waals surface area (Å²) in [5, 5.41) is 5.15. The van der Waals surface area contributed by atoms with Crippen LogP contribution in [0.15, 0.2) is 53.4 Å². The molecule has 0 aliphatic heterocycles. The number of likely N-dealkylation sites (N-methyl/N-ethyl adjacent to an activating group) is 1. The molecule has 2 aromatic carbocycles. The lowest BCUT2D eigenvalue weighted by atomic mass is 10.1. The van der Waals surface area contributed by atoms with Crippen molar-refractivity contribution in [3.8, 4) is 0 Å². The minimum absolute atomic E-state index is 0.398. The summed E-state index contributed by atoms with van der Waals surface area (Å²) < 4.78 is 0. The SMILES string of the molecule is CCNC(CSc1ccccc1Cl)Cc1cccc(Cl)c1. The number of halogens is 2. The molecule has 0 amide bonds. The minimum atomic E-state index is 0.398. The molecule has 1 nitrogen and oxygen atoms in total. The molecular formula is C17H19Cl2NS. The molecule has 0 fully saturated rings. The van der Waals surface area contributed by atoms with Gasteiger partial charge >= 0.3 is 0 Å². The first kappa shape index (κ1) is 16.7. The molecule has 0 saturated carbocycles.